The fourth-order valence-corrected chi connectivity index (χ4v) is 5.38. The summed E-state index contributed by atoms with van der Waals surface area (Å²) in [6, 6.07) is 32.8. The Morgan fingerprint density at radius 1 is 0.765 bits per heavy atom. The van der Waals surface area contributed by atoms with Gasteiger partial charge < -0.3 is 0 Å². The van der Waals surface area contributed by atoms with Gasteiger partial charge in [0.15, 0.2) is 0 Å². The molecule has 3 heteroatoms. The minimum Gasteiger partial charge on any atom is -0.287 e. The van der Waals surface area contributed by atoms with Gasteiger partial charge in [0.2, 0.25) is 0 Å². The van der Waals surface area contributed by atoms with Crippen LogP contribution in [0.3, 0.4) is 0 Å². The van der Waals surface area contributed by atoms with Crippen molar-refractivity contribution >= 4 is 11.6 Å². The zero-order valence-electron chi connectivity index (χ0n) is 21.1. The molecule has 178 valence electrons. The second-order valence-electron chi connectivity index (χ2n) is 9.75. The molecule has 0 aromatic heterocycles. The molecule has 4 atom stereocenters. The highest BCUT2D eigenvalue weighted by Crippen LogP contribution is 2.40. The third-order valence-electron chi connectivity index (χ3n) is 7.47. The fraction of sp³-hybridized carbons (Fsp3) is 0.387. The van der Waals surface area contributed by atoms with Crippen molar-refractivity contribution in [3.8, 4) is 6.07 Å². The minimum absolute atomic E-state index is 0.192. The van der Waals surface area contributed by atoms with Gasteiger partial charge >= 0.3 is 0 Å². The lowest BCUT2D eigenvalue weighted by Gasteiger charge is -2.41. The molecule has 0 aliphatic rings. The van der Waals surface area contributed by atoms with Gasteiger partial charge in [-0.3, -0.25) is 4.90 Å². The minimum atomic E-state index is -0.545. The molecular weight excluding hydrogens is 436 g/mol. The van der Waals surface area contributed by atoms with Gasteiger partial charge in [-0.15, -0.1) is 0 Å². The largest absolute Gasteiger partial charge is 0.287 e. The predicted molar refractivity (Wildman–Crippen MR) is 144 cm³/mol. The molecule has 0 fully saturated rings. The van der Waals surface area contributed by atoms with Gasteiger partial charge in [0.25, 0.3) is 0 Å². The van der Waals surface area contributed by atoms with Crippen molar-refractivity contribution in [2.45, 2.75) is 71.0 Å². The van der Waals surface area contributed by atoms with Crippen molar-refractivity contribution in [3.05, 3.63) is 107 Å². The number of hydrogen-bond donors (Lipinski definition) is 0. The lowest BCUT2D eigenvalue weighted by Crippen LogP contribution is -2.40. The van der Waals surface area contributed by atoms with Crippen LogP contribution in [0.4, 0.5) is 0 Å². The maximum absolute atomic E-state index is 10.4. The molecule has 3 rings (SSSR count). The molecule has 2 nitrogen and oxygen atoms in total. The first-order valence-corrected chi connectivity index (χ1v) is 12.7. The Bertz CT molecular complexity index is 1010. The summed E-state index contributed by atoms with van der Waals surface area (Å²) in [5, 5.41) is 11.1. The van der Waals surface area contributed by atoms with Gasteiger partial charge in [-0.1, -0.05) is 98.2 Å². The first kappa shape index (κ1) is 26.0. The molecule has 0 aliphatic heterocycles. The molecule has 0 aliphatic carbocycles. The number of nitriles is 1. The summed E-state index contributed by atoms with van der Waals surface area (Å²) in [5.41, 5.74) is 3.13. The van der Waals surface area contributed by atoms with E-state index in [9.17, 15) is 5.26 Å². The molecule has 4 unspecified atom stereocenters. The SMILES string of the molecule is CC(CCC(C#N)(c1ccc(Cl)cc1)C(C)C)N(C(C)c1ccccc1)C(C)c1ccccc1. The van der Waals surface area contributed by atoms with Crippen molar-refractivity contribution in [2.75, 3.05) is 0 Å². The van der Waals surface area contributed by atoms with E-state index >= 15 is 0 Å². The van der Waals surface area contributed by atoms with Crippen molar-refractivity contribution in [1.82, 2.24) is 4.90 Å². The molecule has 0 saturated heterocycles. The highest BCUT2D eigenvalue weighted by Gasteiger charge is 2.37. The summed E-state index contributed by atoms with van der Waals surface area (Å²) in [7, 11) is 0. The molecule has 3 aromatic carbocycles. The third-order valence-corrected chi connectivity index (χ3v) is 7.72. The number of nitrogens with zero attached hydrogens (tertiary/aromatic N) is 2. The van der Waals surface area contributed by atoms with Crippen LogP contribution in [0.15, 0.2) is 84.9 Å². The first-order valence-electron chi connectivity index (χ1n) is 12.3. The Hall–Kier alpha value is -2.60. The van der Waals surface area contributed by atoms with Crippen molar-refractivity contribution in [1.29, 1.82) is 5.26 Å². The maximum Gasteiger partial charge on any atom is 0.0845 e. The summed E-state index contributed by atoms with van der Waals surface area (Å²) in [6.07, 6.45) is 1.71. The van der Waals surface area contributed by atoms with Gasteiger partial charge in [0.05, 0.1) is 11.5 Å². The summed E-state index contributed by atoms with van der Waals surface area (Å²) >= 11 is 6.15. The van der Waals surface area contributed by atoms with Crippen LogP contribution < -0.4 is 0 Å². The predicted octanol–water partition coefficient (Wildman–Crippen LogP) is 8.75. The fourth-order valence-electron chi connectivity index (χ4n) is 5.26. The van der Waals surface area contributed by atoms with Gasteiger partial charge in [-0.2, -0.15) is 5.26 Å². The Labute approximate surface area is 211 Å². The van der Waals surface area contributed by atoms with Crippen molar-refractivity contribution in [3.63, 3.8) is 0 Å². The normalized spacial score (nSPS) is 16.0. The van der Waals surface area contributed by atoms with Crippen LogP contribution in [0.1, 0.15) is 76.2 Å². The van der Waals surface area contributed by atoms with Crippen LogP contribution in [0.25, 0.3) is 0 Å². The van der Waals surface area contributed by atoms with E-state index in [0.29, 0.717) is 5.02 Å². The molecule has 0 radical (unpaired) electrons. The van der Waals surface area contributed by atoms with Crippen LogP contribution in [0.5, 0.6) is 0 Å². The van der Waals surface area contributed by atoms with E-state index in [1.165, 1.54) is 11.1 Å². The van der Waals surface area contributed by atoms with Crippen molar-refractivity contribution in [2.24, 2.45) is 5.92 Å². The van der Waals surface area contributed by atoms with Gasteiger partial charge in [0.1, 0.15) is 0 Å². The average molecular weight is 473 g/mol. The number of hydrogen-bond acceptors (Lipinski definition) is 2. The molecule has 0 spiro atoms. The average Bonchev–Trinajstić information content (AvgIpc) is 2.86. The monoisotopic (exact) mass is 472 g/mol. The van der Waals surface area contributed by atoms with E-state index in [2.05, 4.69) is 106 Å². The Kier molecular flexibility index (Phi) is 8.95. The highest BCUT2D eigenvalue weighted by molar-refractivity contribution is 6.30. The Morgan fingerprint density at radius 2 is 1.24 bits per heavy atom. The third kappa shape index (κ3) is 5.72. The lowest BCUT2D eigenvalue weighted by molar-refractivity contribution is 0.0915. The van der Waals surface area contributed by atoms with Crippen LogP contribution in [0.2, 0.25) is 5.02 Å². The van der Waals surface area contributed by atoms with Crippen molar-refractivity contribution < 1.29 is 0 Å². The van der Waals surface area contributed by atoms with E-state index in [-0.39, 0.29) is 24.0 Å². The Balaban J connectivity index is 1.91. The smallest absolute Gasteiger partial charge is 0.0845 e. The quantitative estimate of drug-likeness (QED) is 0.295. The molecule has 0 bridgehead atoms. The van der Waals surface area contributed by atoms with Crippen LogP contribution in [-0.4, -0.2) is 10.9 Å². The second-order valence-corrected chi connectivity index (χ2v) is 10.2. The van der Waals surface area contributed by atoms with E-state index in [0.717, 1.165) is 18.4 Å². The van der Waals surface area contributed by atoms with E-state index in [1.807, 2.05) is 24.3 Å². The summed E-state index contributed by atoms with van der Waals surface area (Å²) < 4.78 is 0. The van der Waals surface area contributed by atoms with Crippen LogP contribution >= 0.6 is 11.6 Å². The zero-order chi connectivity index (χ0) is 24.7. The van der Waals surface area contributed by atoms with E-state index in [1.54, 1.807) is 0 Å². The van der Waals surface area contributed by atoms with Gasteiger partial charge in [0, 0.05) is 23.1 Å². The summed E-state index contributed by atoms with van der Waals surface area (Å²) in [5.74, 6) is 0.192. The summed E-state index contributed by atoms with van der Waals surface area (Å²) in [6.45, 7) is 11.2. The number of benzene rings is 3. The molecule has 0 heterocycles. The van der Waals surface area contributed by atoms with E-state index < -0.39 is 5.41 Å². The zero-order valence-corrected chi connectivity index (χ0v) is 21.8. The van der Waals surface area contributed by atoms with Crippen LogP contribution in [-0.2, 0) is 5.41 Å². The Morgan fingerprint density at radius 3 is 1.65 bits per heavy atom. The standard InChI is InChI=1S/C31H37ClN2/c1-23(2)31(22-33,29-16-18-30(32)19-17-29)21-20-24(3)34(25(4)27-12-8-6-9-13-27)26(5)28-14-10-7-11-15-28/h6-19,23-26H,20-21H2,1-5H3. The molecule has 0 saturated carbocycles. The first-order chi connectivity index (χ1) is 16.3. The molecule has 3 aromatic rings. The highest BCUT2D eigenvalue weighted by atomic mass is 35.5. The molecule has 34 heavy (non-hydrogen) atoms. The van der Waals surface area contributed by atoms with Gasteiger partial charge in [-0.25, -0.2) is 0 Å². The molecule has 0 N–H and O–H groups in total. The molecule has 0 amide bonds. The number of halogens is 1. The number of rotatable bonds is 10. The van der Waals surface area contributed by atoms with Gasteiger partial charge in [-0.05, 0) is 68.4 Å². The lowest BCUT2D eigenvalue weighted by atomic mass is 9.69. The summed E-state index contributed by atoms with van der Waals surface area (Å²) in [4.78, 5) is 2.61. The second kappa shape index (κ2) is 11.7. The topological polar surface area (TPSA) is 27.0 Å². The van der Waals surface area contributed by atoms with E-state index in [4.69, 9.17) is 11.6 Å². The van der Waals surface area contributed by atoms with Crippen LogP contribution in [0, 0.1) is 17.2 Å². The maximum atomic E-state index is 10.4. The molecular formula is C31H37ClN2.